The molecule has 7 rings (SSSR count). The number of ether oxygens (including phenoxy) is 2. The van der Waals surface area contributed by atoms with E-state index in [1.54, 1.807) is 29.9 Å². The second-order valence-electron chi connectivity index (χ2n) is 22.2. The van der Waals surface area contributed by atoms with Crippen LogP contribution in [-0.2, 0) is 9.47 Å². The Morgan fingerprint density at radius 2 is 1.29 bits per heavy atom. The van der Waals surface area contributed by atoms with Gasteiger partial charge in [0.15, 0.2) is 0 Å². The van der Waals surface area contributed by atoms with Crippen LogP contribution in [0.25, 0.3) is 18.2 Å². The van der Waals surface area contributed by atoms with E-state index in [9.17, 15) is 9.59 Å². The molecule has 68 heavy (non-hydrogen) atoms. The van der Waals surface area contributed by atoms with E-state index >= 15 is 0 Å². The molecule has 3 aromatic rings. The summed E-state index contributed by atoms with van der Waals surface area (Å²) in [5, 5.41) is 0. The van der Waals surface area contributed by atoms with E-state index < -0.39 is 0 Å². The van der Waals surface area contributed by atoms with Crippen LogP contribution in [0.2, 0.25) is 0 Å². The Morgan fingerprint density at radius 1 is 0.706 bits per heavy atom. The van der Waals surface area contributed by atoms with Crippen LogP contribution in [0.5, 0.6) is 0 Å². The minimum atomic E-state index is -0.248. The summed E-state index contributed by atoms with van der Waals surface area (Å²) in [7, 11) is 0. The van der Waals surface area contributed by atoms with Crippen molar-refractivity contribution in [2.75, 3.05) is 6.61 Å². The third kappa shape index (κ3) is 14.7. The fraction of sp³-hybridized carbons (Fsp3) is 0.531. The van der Waals surface area contributed by atoms with Crippen LogP contribution in [0.3, 0.4) is 0 Å². The molecule has 3 saturated carbocycles. The largest absolute Gasteiger partial charge is 0.462 e. The molecule has 0 radical (unpaired) electrons. The van der Waals surface area contributed by atoms with Crippen molar-refractivity contribution in [3.05, 3.63) is 149 Å². The zero-order valence-corrected chi connectivity index (χ0v) is 43.8. The van der Waals surface area contributed by atoms with E-state index in [1.165, 1.54) is 68.1 Å². The second kappa shape index (κ2) is 25.8. The molecule has 0 aromatic heterocycles. The molecule has 0 amide bonds. The summed E-state index contributed by atoms with van der Waals surface area (Å²) in [6.45, 7) is 32.7. The van der Waals surface area contributed by atoms with E-state index in [2.05, 4.69) is 118 Å². The molecule has 0 heterocycles. The summed E-state index contributed by atoms with van der Waals surface area (Å²) in [4.78, 5) is 24.7. The monoisotopic (exact) mass is 921 g/mol. The number of hydrogen-bond acceptors (Lipinski definition) is 4. The van der Waals surface area contributed by atoms with Crippen molar-refractivity contribution in [2.24, 2.45) is 52.3 Å². The number of esters is 2. The summed E-state index contributed by atoms with van der Waals surface area (Å²) in [6.07, 6.45) is 27.6. The molecule has 4 heteroatoms. The molecule has 0 saturated heterocycles. The number of hydrogen-bond donors (Lipinski definition) is 0. The maximum absolute atomic E-state index is 12.9. The Hall–Kier alpha value is -4.70. The smallest absolute Gasteiger partial charge is 0.338 e. The fourth-order valence-corrected chi connectivity index (χ4v) is 12.4. The number of carbonyl (C=O) groups excluding carboxylic acids is 2. The first-order valence-electron chi connectivity index (χ1n) is 26.4. The Kier molecular flexibility index (Phi) is 20.6. The van der Waals surface area contributed by atoms with Crippen LogP contribution in [0.1, 0.15) is 188 Å². The van der Waals surface area contributed by atoms with Crippen molar-refractivity contribution in [1.82, 2.24) is 0 Å². The summed E-state index contributed by atoms with van der Waals surface area (Å²) in [6, 6.07) is 23.1. The maximum atomic E-state index is 12.9. The number of allylic oxidation sites excluding steroid dienone is 3. The van der Waals surface area contributed by atoms with E-state index in [0.717, 1.165) is 85.2 Å². The first-order chi connectivity index (χ1) is 32.5. The van der Waals surface area contributed by atoms with Crippen LogP contribution in [-0.4, -0.2) is 24.6 Å². The third-order valence-corrected chi connectivity index (χ3v) is 16.7. The number of aryl methyl sites for hydroxylation is 1. The minimum absolute atomic E-state index is 0.00821. The molecule has 3 fully saturated rings. The van der Waals surface area contributed by atoms with Crippen LogP contribution in [0, 0.1) is 59.2 Å². The topological polar surface area (TPSA) is 52.6 Å². The van der Waals surface area contributed by atoms with E-state index in [-0.39, 0.29) is 18.0 Å². The molecule has 9 unspecified atom stereocenters. The maximum Gasteiger partial charge on any atom is 0.338 e. The van der Waals surface area contributed by atoms with Gasteiger partial charge in [-0.05, 0) is 178 Å². The molecule has 3 aromatic carbocycles. The quantitative estimate of drug-likeness (QED) is 0.1000. The standard InChI is InChI=1S/C36H52O2.C19H26O2.C9H10/c1-7-26-11-13-27(14-12-26)34(37)38-29-19-21-35(5)28(23-29)15-16-30-32-18-17-31(25(4)10-8-9-24(2)3)36(32,6)22-20-33(30)35;1-5-17-9-11-18(12-10-17)19(20)21-14-13-16(4)8-6-7-15(2)3;1-3-9-6-4-8(2)5-7-9/h7,11-15,24-25,29-33H,1,8-10,16-23H2,2-6H3;5,7,9-12,16H,1,6,8,13-14H2,2-4H3;3-7H,1H2,2H3. The zero-order chi connectivity index (χ0) is 49.4. The van der Waals surface area contributed by atoms with Gasteiger partial charge in [0.25, 0.3) is 0 Å². The lowest BCUT2D eigenvalue weighted by atomic mass is 9.47. The first-order valence-corrected chi connectivity index (χ1v) is 26.4. The van der Waals surface area contributed by atoms with Crippen molar-refractivity contribution in [1.29, 1.82) is 0 Å². The number of carbonyl (C=O) groups is 2. The molecule has 368 valence electrons. The van der Waals surface area contributed by atoms with Crippen LogP contribution in [0.4, 0.5) is 0 Å². The fourth-order valence-electron chi connectivity index (χ4n) is 12.4. The molecular weight excluding hydrogens is 833 g/mol. The Morgan fingerprint density at radius 3 is 1.87 bits per heavy atom. The van der Waals surface area contributed by atoms with Gasteiger partial charge in [-0.3, -0.25) is 0 Å². The third-order valence-electron chi connectivity index (χ3n) is 16.7. The molecule has 4 aliphatic carbocycles. The van der Waals surface area contributed by atoms with E-state index in [4.69, 9.17) is 9.47 Å². The molecule has 0 aliphatic heterocycles. The van der Waals surface area contributed by atoms with Gasteiger partial charge < -0.3 is 9.47 Å². The highest BCUT2D eigenvalue weighted by molar-refractivity contribution is 5.90. The summed E-state index contributed by atoms with van der Waals surface area (Å²) >= 11 is 0. The van der Waals surface area contributed by atoms with Gasteiger partial charge in [-0.1, -0.05) is 176 Å². The lowest BCUT2D eigenvalue weighted by molar-refractivity contribution is -0.0594. The van der Waals surface area contributed by atoms with Crippen LogP contribution < -0.4 is 0 Å². The van der Waals surface area contributed by atoms with Gasteiger partial charge in [-0.2, -0.15) is 0 Å². The van der Waals surface area contributed by atoms with Crippen LogP contribution >= 0.6 is 0 Å². The van der Waals surface area contributed by atoms with Crippen molar-refractivity contribution in [2.45, 2.75) is 158 Å². The SMILES string of the molecule is C=Cc1ccc(C(=O)OC2CCC3(C)C(=CCC4C3CCC3(C)C(C(C)CCCC(C)C)CCC43)C2)cc1.C=Cc1ccc(C(=O)OCCC(C)CCC=C(C)C)cc1.C=Cc1ccc(C)cc1. The van der Waals surface area contributed by atoms with Gasteiger partial charge in [0.05, 0.1) is 17.7 Å². The van der Waals surface area contributed by atoms with E-state index in [1.807, 2.05) is 42.5 Å². The van der Waals surface area contributed by atoms with Crippen molar-refractivity contribution in [3.63, 3.8) is 0 Å². The molecule has 4 aliphatic rings. The zero-order valence-electron chi connectivity index (χ0n) is 43.8. The number of fused-ring (bicyclic) bond motifs is 5. The van der Waals surface area contributed by atoms with Crippen molar-refractivity contribution < 1.29 is 19.1 Å². The molecule has 9 atom stereocenters. The molecular formula is C64H88O4. The van der Waals surface area contributed by atoms with Gasteiger partial charge in [-0.15, -0.1) is 0 Å². The average molecular weight is 921 g/mol. The van der Waals surface area contributed by atoms with Gasteiger partial charge in [-0.25, -0.2) is 9.59 Å². The Bertz CT molecular complexity index is 2150. The highest BCUT2D eigenvalue weighted by atomic mass is 16.5. The van der Waals surface area contributed by atoms with Gasteiger partial charge in [0, 0.05) is 6.42 Å². The summed E-state index contributed by atoms with van der Waals surface area (Å²) < 4.78 is 11.4. The molecule has 0 N–H and O–H groups in total. The van der Waals surface area contributed by atoms with Crippen molar-refractivity contribution >= 4 is 30.2 Å². The predicted octanol–water partition coefficient (Wildman–Crippen LogP) is 17.8. The van der Waals surface area contributed by atoms with Crippen LogP contribution in [0.15, 0.2) is 116 Å². The Balaban J connectivity index is 0.000000240. The van der Waals surface area contributed by atoms with Crippen molar-refractivity contribution in [3.8, 4) is 0 Å². The van der Waals surface area contributed by atoms with E-state index in [0.29, 0.717) is 34.5 Å². The Labute approximate surface area is 413 Å². The highest BCUT2D eigenvalue weighted by Crippen LogP contribution is 2.67. The lowest BCUT2D eigenvalue weighted by Gasteiger charge is -2.58. The average Bonchev–Trinajstić information content (AvgIpc) is 3.69. The molecule has 4 nitrogen and oxygen atoms in total. The number of rotatable bonds is 17. The second-order valence-corrected chi connectivity index (χ2v) is 22.2. The molecule has 0 bridgehead atoms. The number of benzene rings is 3. The van der Waals surface area contributed by atoms with Gasteiger partial charge in [0.2, 0.25) is 0 Å². The highest BCUT2D eigenvalue weighted by Gasteiger charge is 2.59. The first kappa shape index (κ1) is 54.2. The summed E-state index contributed by atoms with van der Waals surface area (Å²) in [5.74, 6) is 5.28. The summed E-state index contributed by atoms with van der Waals surface area (Å²) in [5.41, 5.74) is 9.50. The lowest BCUT2D eigenvalue weighted by Crippen LogP contribution is -2.51. The predicted molar refractivity (Wildman–Crippen MR) is 289 cm³/mol. The molecule has 0 spiro atoms. The minimum Gasteiger partial charge on any atom is -0.462 e. The normalized spacial score (nSPS) is 25.4. The van der Waals surface area contributed by atoms with Gasteiger partial charge >= 0.3 is 11.9 Å². The van der Waals surface area contributed by atoms with Gasteiger partial charge in [0.1, 0.15) is 6.10 Å².